The van der Waals surface area contributed by atoms with Crippen LogP contribution < -0.4 is 10.1 Å². The summed E-state index contributed by atoms with van der Waals surface area (Å²) < 4.78 is 95.7. The van der Waals surface area contributed by atoms with E-state index >= 15 is 0 Å². The van der Waals surface area contributed by atoms with E-state index in [0.717, 1.165) is 12.1 Å². The molecule has 0 atom stereocenters. The van der Waals surface area contributed by atoms with Crippen LogP contribution in [0.15, 0.2) is 56.4 Å². The Labute approximate surface area is 184 Å². The summed E-state index contributed by atoms with van der Waals surface area (Å²) in [6.07, 6.45) is 0. The molecule has 0 radical (unpaired) electrons. The molecular weight excluding hydrogens is 490 g/mol. The largest absolute Gasteiger partial charge is 0.494 e. The van der Waals surface area contributed by atoms with Crippen LogP contribution in [0.25, 0.3) is 0 Å². The van der Waals surface area contributed by atoms with Gasteiger partial charge >= 0.3 is 10.4 Å². The number of ether oxygens (including phenoxy) is 1. The fraction of sp³-hybridized carbons (Fsp3) is 0.250. The van der Waals surface area contributed by atoms with Gasteiger partial charge in [-0.3, -0.25) is 9.11 Å². The molecule has 0 heterocycles. The van der Waals surface area contributed by atoms with Gasteiger partial charge in [-0.25, -0.2) is 12.6 Å². The Morgan fingerprint density at radius 3 is 2.22 bits per heavy atom. The van der Waals surface area contributed by atoms with Gasteiger partial charge in [0.25, 0.3) is 10.1 Å². The third-order valence-electron chi connectivity index (χ3n) is 3.88. The maximum absolute atomic E-state index is 12.3. The first-order chi connectivity index (χ1) is 14.8. The fourth-order valence-electron chi connectivity index (χ4n) is 2.41. The third kappa shape index (κ3) is 6.94. The number of nitrogens with one attached hydrogen (secondary N) is 1. The van der Waals surface area contributed by atoms with Crippen LogP contribution in [0.1, 0.15) is 0 Å². The van der Waals surface area contributed by atoms with Crippen molar-refractivity contribution < 1.29 is 43.3 Å². The van der Waals surface area contributed by atoms with Crippen molar-refractivity contribution in [3.8, 4) is 5.75 Å². The Morgan fingerprint density at radius 2 is 1.66 bits per heavy atom. The van der Waals surface area contributed by atoms with Gasteiger partial charge in [0.15, 0.2) is 9.84 Å². The van der Waals surface area contributed by atoms with E-state index in [-0.39, 0.29) is 27.7 Å². The normalized spacial score (nSPS) is 12.8. The summed E-state index contributed by atoms with van der Waals surface area (Å²) >= 11 is 0. The predicted octanol–water partition coefficient (Wildman–Crippen LogP) is 1.99. The molecular formula is C16H19N3O10S3. The number of hydrogen-bond donors (Lipinski definition) is 3. The highest BCUT2D eigenvalue weighted by Crippen LogP contribution is 2.33. The van der Waals surface area contributed by atoms with Gasteiger partial charge in [0.1, 0.15) is 16.3 Å². The molecule has 0 fully saturated rings. The van der Waals surface area contributed by atoms with E-state index in [1.165, 1.54) is 38.4 Å². The zero-order chi connectivity index (χ0) is 24.2. The molecule has 0 bridgehead atoms. The smallest absolute Gasteiger partial charge is 0.397 e. The molecule has 13 nitrogen and oxygen atoms in total. The van der Waals surface area contributed by atoms with Crippen LogP contribution in [0.5, 0.6) is 5.75 Å². The van der Waals surface area contributed by atoms with E-state index in [1.54, 1.807) is 0 Å². The Morgan fingerprint density at radius 1 is 0.969 bits per heavy atom. The number of sulfone groups is 1. The van der Waals surface area contributed by atoms with Gasteiger partial charge in [0.2, 0.25) is 0 Å². The number of methoxy groups -OCH3 is 1. The molecule has 0 aliphatic heterocycles. The first kappa shape index (κ1) is 25.6. The summed E-state index contributed by atoms with van der Waals surface area (Å²) in [6.45, 7) is -0.788. The summed E-state index contributed by atoms with van der Waals surface area (Å²) in [5, 5.41) is 10.4. The van der Waals surface area contributed by atoms with Crippen molar-refractivity contribution in [2.75, 3.05) is 31.8 Å². The van der Waals surface area contributed by atoms with Crippen LogP contribution in [0.4, 0.5) is 17.1 Å². The molecule has 32 heavy (non-hydrogen) atoms. The van der Waals surface area contributed by atoms with Crippen LogP contribution in [-0.4, -0.2) is 60.9 Å². The minimum Gasteiger partial charge on any atom is -0.494 e. The van der Waals surface area contributed by atoms with Crippen molar-refractivity contribution in [3.05, 3.63) is 36.4 Å². The lowest BCUT2D eigenvalue weighted by Gasteiger charge is -2.09. The van der Waals surface area contributed by atoms with Crippen molar-refractivity contribution in [2.24, 2.45) is 10.2 Å². The fourth-order valence-corrected chi connectivity index (χ4v) is 4.62. The second-order valence-corrected chi connectivity index (χ2v) is 10.6. The van der Waals surface area contributed by atoms with E-state index < -0.39 is 47.6 Å². The highest BCUT2D eigenvalue weighted by atomic mass is 32.3. The van der Waals surface area contributed by atoms with Crippen LogP contribution in [-0.2, 0) is 34.5 Å². The molecule has 2 aromatic carbocycles. The molecule has 2 rings (SSSR count). The Hall–Kier alpha value is -2.63. The topological polar surface area (TPSA) is 198 Å². The first-order valence-electron chi connectivity index (χ1n) is 8.50. The molecule has 2 aromatic rings. The number of azo groups is 1. The van der Waals surface area contributed by atoms with E-state index in [9.17, 15) is 29.8 Å². The lowest BCUT2D eigenvalue weighted by atomic mass is 10.3. The van der Waals surface area contributed by atoms with Crippen molar-refractivity contribution >= 4 is 47.4 Å². The number of anilines is 1. The van der Waals surface area contributed by atoms with Crippen LogP contribution >= 0.6 is 0 Å². The number of hydrogen-bond acceptors (Lipinski definition) is 11. The van der Waals surface area contributed by atoms with Crippen molar-refractivity contribution in [1.82, 2.24) is 0 Å². The van der Waals surface area contributed by atoms with Gasteiger partial charge in [-0.05, 0) is 30.3 Å². The summed E-state index contributed by atoms with van der Waals surface area (Å²) in [5.74, 6) is -0.722. The van der Waals surface area contributed by atoms with Crippen molar-refractivity contribution in [2.45, 2.75) is 9.79 Å². The zero-order valence-electron chi connectivity index (χ0n) is 16.7. The molecule has 3 N–H and O–H groups in total. The Kier molecular flexibility index (Phi) is 7.92. The maximum Gasteiger partial charge on any atom is 0.397 e. The van der Waals surface area contributed by atoms with Gasteiger partial charge in [-0.2, -0.15) is 21.9 Å². The maximum atomic E-state index is 12.3. The van der Waals surface area contributed by atoms with Crippen LogP contribution in [0.3, 0.4) is 0 Å². The lowest BCUT2D eigenvalue weighted by Crippen LogP contribution is -2.15. The number of benzene rings is 2. The highest BCUT2D eigenvalue weighted by Gasteiger charge is 2.19. The quantitative estimate of drug-likeness (QED) is 0.312. The van der Waals surface area contributed by atoms with E-state index in [1.807, 2.05) is 0 Å². The molecule has 0 aliphatic rings. The molecule has 0 spiro atoms. The molecule has 0 amide bonds. The van der Waals surface area contributed by atoms with Gasteiger partial charge in [-0.1, -0.05) is 0 Å². The van der Waals surface area contributed by atoms with Crippen LogP contribution in [0, 0.1) is 0 Å². The second kappa shape index (κ2) is 9.88. The summed E-state index contributed by atoms with van der Waals surface area (Å²) in [4.78, 5) is -0.628. The molecule has 176 valence electrons. The van der Waals surface area contributed by atoms with E-state index in [4.69, 9.17) is 9.29 Å². The molecule has 0 aliphatic carbocycles. The Balaban J connectivity index is 2.32. The van der Waals surface area contributed by atoms with E-state index in [2.05, 4.69) is 19.7 Å². The third-order valence-corrected chi connectivity index (χ3v) is 6.91. The van der Waals surface area contributed by atoms with Crippen LogP contribution in [0.2, 0.25) is 0 Å². The molecule has 0 unspecified atom stereocenters. The van der Waals surface area contributed by atoms with Gasteiger partial charge in [-0.15, -0.1) is 5.11 Å². The predicted molar refractivity (Wildman–Crippen MR) is 113 cm³/mol. The van der Waals surface area contributed by atoms with Gasteiger partial charge < -0.3 is 10.1 Å². The molecule has 0 aromatic heterocycles. The van der Waals surface area contributed by atoms with Crippen molar-refractivity contribution in [1.29, 1.82) is 0 Å². The van der Waals surface area contributed by atoms with E-state index in [0.29, 0.717) is 0 Å². The molecule has 0 saturated heterocycles. The first-order valence-corrected chi connectivity index (χ1v) is 13.0. The molecule has 0 saturated carbocycles. The molecule has 16 heteroatoms. The number of nitrogens with zero attached hydrogens (tertiary/aromatic N) is 2. The average Bonchev–Trinajstić information content (AvgIpc) is 2.70. The average molecular weight is 510 g/mol. The lowest BCUT2D eigenvalue weighted by molar-refractivity contribution is 0.284. The Bertz CT molecular complexity index is 1340. The summed E-state index contributed by atoms with van der Waals surface area (Å²) in [7, 11) is -10.6. The highest BCUT2D eigenvalue weighted by molar-refractivity contribution is 7.91. The monoisotopic (exact) mass is 509 g/mol. The standard InChI is InChI=1S/C16H19N3O10S3/c1-17-14-5-3-11(9-16(14)31(22,23)24)18-19-13-6-4-12(10-15(13)28-2)30(20,21)8-7-29-32(25,26)27/h3-6,9-10,17H,7-8H2,1-2H3,(H,22,23,24)(H,25,26,27)/b19-18+. The minimum atomic E-state index is -4.77. The second-order valence-electron chi connectivity index (χ2n) is 6.01. The van der Waals surface area contributed by atoms with Crippen molar-refractivity contribution in [3.63, 3.8) is 0 Å². The SMILES string of the molecule is CNc1ccc(/N=N/c2ccc(S(=O)(=O)CCOS(=O)(=O)O)cc2OC)cc1S(=O)(=O)O. The number of rotatable bonds is 10. The minimum absolute atomic E-state index is 0.00683. The van der Waals surface area contributed by atoms with Gasteiger partial charge in [0.05, 0.1) is 35.7 Å². The summed E-state index contributed by atoms with van der Waals surface area (Å²) in [6, 6.07) is 7.47. The zero-order valence-corrected chi connectivity index (χ0v) is 19.1. The van der Waals surface area contributed by atoms with Gasteiger partial charge in [0, 0.05) is 13.1 Å². The summed E-state index contributed by atoms with van der Waals surface area (Å²) in [5.41, 5.74) is 0.334.